The molecule has 2 fully saturated rings. The SMILES string of the molecule is CC(=O)OCC(=O)N1CCC(NS(C)(=O)=O)C1COC1CCC(c2ccccc2)CC1. The van der Waals surface area contributed by atoms with Crippen molar-refractivity contribution in [1.29, 1.82) is 0 Å². The van der Waals surface area contributed by atoms with Crippen molar-refractivity contribution in [3.63, 3.8) is 0 Å². The van der Waals surface area contributed by atoms with Crippen molar-refractivity contribution in [3.8, 4) is 0 Å². The van der Waals surface area contributed by atoms with E-state index < -0.39 is 28.1 Å². The van der Waals surface area contributed by atoms with Gasteiger partial charge in [0.05, 0.1) is 25.0 Å². The summed E-state index contributed by atoms with van der Waals surface area (Å²) in [5.74, 6) is -0.329. The number of nitrogens with zero attached hydrogens (tertiary/aromatic N) is 1. The van der Waals surface area contributed by atoms with Gasteiger partial charge in [0.15, 0.2) is 6.61 Å². The molecule has 0 spiro atoms. The molecule has 1 aliphatic carbocycles. The van der Waals surface area contributed by atoms with E-state index in [0.717, 1.165) is 31.9 Å². The van der Waals surface area contributed by atoms with Gasteiger partial charge in [0.1, 0.15) is 0 Å². The predicted molar refractivity (Wildman–Crippen MR) is 116 cm³/mol. The summed E-state index contributed by atoms with van der Waals surface area (Å²) in [6.45, 7) is 1.54. The van der Waals surface area contributed by atoms with E-state index in [2.05, 4.69) is 29.0 Å². The largest absolute Gasteiger partial charge is 0.456 e. The summed E-state index contributed by atoms with van der Waals surface area (Å²) < 4.78 is 37.2. The van der Waals surface area contributed by atoms with Crippen molar-refractivity contribution in [1.82, 2.24) is 9.62 Å². The maximum atomic E-state index is 12.5. The highest BCUT2D eigenvalue weighted by Gasteiger charge is 2.39. The topological polar surface area (TPSA) is 102 Å². The third-order valence-electron chi connectivity index (χ3n) is 6.08. The van der Waals surface area contributed by atoms with E-state index in [4.69, 9.17) is 9.47 Å². The first-order valence-electron chi connectivity index (χ1n) is 10.8. The minimum absolute atomic E-state index is 0.0878. The molecule has 2 unspecified atom stereocenters. The number of sulfonamides is 1. The highest BCUT2D eigenvalue weighted by Crippen LogP contribution is 2.34. The first kappa shape index (κ1) is 23.7. The van der Waals surface area contributed by atoms with Crippen molar-refractivity contribution in [3.05, 3.63) is 35.9 Å². The molecular formula is C22H32N2O6S. The fourth-order valence-electron chi connectivity index (χ4n) is 4.55. The lowest BCUT2D eigenvalue weighted by Crippen LogP contribution is -2.50. The van der Waals surface area contributed by atoms with E-state index in [1.807, 2.05) is 6.07 Å². The Morgan fingerprint density at radius 3 is 2.39 bits per heavy atom. The molecule has 1 aromatic rings. The number of carbonyl (C=O) groups excluding carboxylic acids is 2. The lowest BCUT2D eigenvalue weighted by molar-refractivity contribution is -0.151. The van der Waals surface area contributed by atoms with Gasteiger partial charge in [-0.3, -0.25) is 9.59 Å². The van der Waals surface area contributed by atoms with Crippen LogP contribution in [0.15, 0.2) is 30.3 Å². The Kier molecular flexibility index (Phi) is 8.07. The maximum Gasteiger partial charge on any atom is 0.303 e. The van der Waals surface area contributed by atoms with Crippen LogP contribution in [0.3, 0.4) is 0 Å². The van der Waals surface area contributed by atoms with E-state index in [1.54, 1.807) is 4.90 Å². The van der Waals surface area contributed by atoms with E-state index in [9.17, 15) is 18.0 Å². The molecule has 0 bridgehead atoms. The fourth-order valence-corrected chi connectivity index (χ4v) is 5.38. The van der Waals surface area contributed by atoms with Gasteiger partial charge in [-0.15, -0.1) is 0 Å². The minimum Gasteiger partial charge on any atom is -0.456 e. The average molecular weight is 453 g/mol. The molecule has 1 saturated heterocycles. The summed E-state index contributed by atoms with van der Waals surface area (Å²) in [4.78, 5) is 25.2. The number of rotatable bonds is 8. The summed E-state index contributed by atoms with van der Waals surface area (Å²) in [7, 11) is -3.43. The van der Waals surface area contributed by atoms with E-state index >= 15 is 0 Å². The number of hydrogen-bond donors (Lipinski definition) is 1. The summed E-state index contributed by atoms with van der Waals surface area (Å²) in [5, 5.41) is 0. The Bertz CT molecular complexity index is 852. The van der Waals surface area contributed by atoms with Gasteiger partial charge in [0.25, 0.3) is 5.91 Å². The van der Waals surface area contributed by atoms with Crippen LogP contribution < -0.4 is 4.72 Å². The second-order valence-electron chi connectivity index (χ2n) is 8.44. The summed E-state index contributed by atoms with van der Waals surface area (Å²) in [6.07, 6.45) is 5.63. The molecule has 1 amide bonds. The molecule has 1 aliphatic heterocycles. The highest BCUT2D eigenvalue weighted by molar-refractivity contribution is 7.88. The molecule has 1 heterocycles. The fraction of sp³-hybridized carbons (Fsp3) is 0.636. The Labute approximate surface area is 184 Å². The first-order chi connectivity index (χ1) is 14.7. The molecule has 31 heavy (non-hydrogen) atoms. The second kappa shape index (κ2) is 10.6. The molecule has 1 saturated carbocycles. The lowest BCUT2D eigenvalue weighted by Gasteiger charge is -2.32. The van der Waals surface area contributed by atoms with Crippen LogP contribution in [0.5, 0.6) is 0 Å². The van der Waals surface area contributed by atoms with Crippen molar-refractivity contribution in [2.75, 3.05) is 26.0 Å². The number of amides is 1. The second-order valence-corrected chi connectivity index (χ2v) is 10.2. The highest BCUT2D eigenvalue weighted by atomic mass is 32.2. The molecule has 2 atom stereocenters. The van der Waals surface area contributed by atoms with Crippen molar-refractivity contribution < 1.29 is 27.5 Å². The molecule has 1 N–H and O–H groups in total. The van der Waals surface area contributed by atoms with Crippen LogP contribution in [-0.4, -0.2) is 69.4 Å². The average Bonchev–Trinajstić information content (AvgIpc) is 3.12. The zero-order valence-electron chi connectivity index (χ0n) is 18.2. The zero-order valence-corrected chi connectivity index (χ0v) is 19.0. The van der Waals surface area contributed by atoms with E-state index in [-0.39, 0.29) is 25.2 Å². The van der Waals surface area contributed by atoms with Crippen molar-refractivity contribution in [2.24, 2.45) is 0 Å². The summed E-state index contributed by atoms with van der Waals surface area (Å²) >= 11 is 0. The molecule has 9 heteroatoms. The van der Waals surface area contributed by atoms with Crippen LogP contribution in [0.1, 0.15) is 50.5 Å². The number of ether oxygens (including phenoxy) is 2. The van der Waals surface area contributed by atoms with Gasteiger partial charge >= 0.3 is 5.97 Å². The first-order valence-corrected chi connectivity index (χ1v) is 12.7. The van der Waals surface area contributed by atoms with Gasteiger partial charge in [-0.25, -0.2) is 13.1 Å². The molecule has 0 radical (unpaired) electrons. The Hall–Kier alpha value is -1.97. The third-order valence-corrected chi connectivity index (χ3v) is 6.81. The Morgan fingerprint density at radius 1 is 1.10 bits per heavy atom. The molecule has 172 valence electrons. The number of hydrogen-bond acceptors (Lipinski definition) is 6. The Morgan fingerprint density at radius 2 is 1.77 bits per heavy atom. The molecule has 2 aliphatic rings. The number of nitrogens with one attached hydrogen (secondary N) is 1. The van der Waals surface area contributed by atoms with Crippen LogP contribution >= 0.6 is 0 Å². The molecular weight excluding hydrogens is 420 g/mol. The summed E-state index contributed by atoms with van der Waals surface area (Å²) in [6, 6.07) is 9.64. The number of likely N-dealkylation sites (tertiary alicyclic amines) is 1. The number of esters is 1. The zero-order chi connectivity index (χ0) is 22.4. The molecule has 1 aromatic carbocycles. The van der Waals surface area contributed by atoms with Crippen LogP contribution in [0.4, 0.5) is 0 Å². The van der Waals surface area contributed by atoms with Crippen molar-refractivity contribution >= 4 is 21.9 Å². The minimum atomic E-state index is -3.43. The van der Waals surface area contributed by atoms with E-state index in [1.165, 1.54) is 12.5 Å². The molecule has 3 rings (SSSR count). The van der Waals surface area contributed by atoms with E-state index in [0.29, 0.717) is 18.9 Å². The number of benzene rings is 1. The van der Waals surface area contributed by atoms with Gasteiger partial charge in [-0.1, -0.05) is 30.3 Å². The normalized spacial score (nSPS) is 26.6. The number of carbonyl (C=O) groups is 2. The van der Waals surface area contributed by atoms with Gasteiger partial charge in [0.2, 0.25) is 10.0 Å². The van der Waals surface area contributed by atoms with Gasteiger partial charge < -0.3 is 14.4 Å². The Balaban J connectivity index is 1.57. The quantitative estimate of drug-likeness (QED) is 0.604. The monoisotopic (exact) mass is 452 g/mol. The van der Waals surface area contributed by atoms with Gasteiger partial charge in [0, 0.05) is 19.5 Å². The predicted octanol–water partition coefficient (Wildman–Crippen LogP) is 1.81. The van der Waals surface area contributed by atoms with Crippen LogP contribution in [-0.2, 0) is 29.1 Å². The van der Waals surface area contributed by atoms with Gasteiger partial charge in [-0.2, -0.15) is 0 Å². The third kappa shape index (κ3) is 7.02. The summed E-state index contributed by atoms with van der Waals surface area (Å²) in [5.41, 5.74) is 1.36. The maximum absolute atomic E-state index is 12.5. The lowest BCUT2D eigenvalue weighted by atomic mass is 9.83. The molecule has 0 aromatic heterocycles. The standard InChI is InChI=1S/C22H32N2O6S/c1-16(25)29-15-22(26)24-13-12-20(23-31(2,27)28)21(24)14-30-19-10-8-18(9-11-19)17-6-4-3-5-7-17/h3-7,18-21,23H,8-15H2,1-2H3. The van der Waals surface area contributed by atoms with Crippen LogP contribution in [0.25, 0.3) is 0 Å². The van der Waals surface area contributed by atoms with Crippen LogP contribution in [0.2, 0.25) is 0 Å². The smallest absolute Gasteiger partial charge is 0.303 e. The molecule has 8 nitrogen and oxygen atoms in total. The van der Waals surface area contributed by atoms with Crippen molar-refractivity contribution in [2.45, 2.75) is 63.1 Å². The van der Waals surface area contributed by atoms with Gasteiger partial charge in [-0.05, 0) is 43.6 Å². The van der Waals surface area contributed by atoms with Crippen LogP contribution in [0, 0.1) is 0 Å².